The standard InChI is InChI=1S/C57H109N2O7P/c1-6-8-10-12-14-16-18-20-21-22-23-24-25-26-27-28-29-30-31-32-33-34-35-36-37-38-40-42-44-46-48-50-56(61)58-54(53-66-67(63,64)65-52-51-59(3,4)5)57(62)55(60)49-47-45-43-41-39-19-17-15-13-11-9-7-2/h8,10,14,16,20-21,23-24,54-55,57,60,62H,6-7,9,11-13,15,17-19,22,25-53H2,1-5H3,(H-,58,61,63,64)/p+1/b10-8-,16-14-,21-20-,24-23-. The van der Waals surface area contributed by atoms with Crippen LogP contribution in [0.25, 0.3) is 0 Å². The molecule has 0 aromatic carbocycles. The van der Waals surface area contributed by atoms with E-state index in [1.54, 1.807) is 0 Å². The molecule has 9 nitrogen and oxygen atoms in total. The molecular formula is C57H110N2O7P+. The number of nitrogens with zero attached hydrogens (tertiary/aromatic N) is 1. The third-order valence-electron chi connectivity index (χ3n) is 12.7. The van der Waals surface area contributed by atoms with E-state index < -0.39 is 32.7 Å². The predicted octanol–water partition coefficient (Wildman–Crippen LogP) is 15.7. The molecule has 0 rings (SSSR count). The first-order valence-electron chi connectivity index (χ1n) is 28.1. The molecule has 10 heteroatoms. The van der Waals surface area contributed by atoms with Gasteiger partial charge in [-0.05, 0) is 51.4 Å². The summed E-state index contributed by atoms with van der Waals surface area (Å²) in [5.41, 5.74) is 0. The number of rotatable bonds is 51. The molecule has 67 heavy (non-hydrogen) atoms. The van der Waals surface area contributed by atoms with Crippen LogP contribution in [0.2, 0.25) is 0 Å². The minimum Gasteiger partial charge on any atom is -0.390 e. The lowest BCUT2D eigenvalue weighted by Crippen LogP contribution is -2.51. The molecule has 0 fully saturated rings. The van der Waals surface area contributed by atoms with Crippen LogP contribution in [-0.2, 0) is 18.4 Å². The first kappa shape index (κ1) is 65.4. The summed E-state index contributed by atoms with van der Waals surface area (Å²) < 4.78 is 23.6. The van der Waals surface area contributed by atoms with Crippen molar-refractivity contribution in [2.75, 3.05) is 40.9 Å². The van der Waals surface area contributed by atoms with Crippen LogP contribution in [0.3, 0.4) is 0 Å². The van der Waals surface area contributed by atoms with Crippen LogP contribution in [0.1, 0.15) is 251 Å². The average molecular weight is 966 g/mol. The van der Waals surface area contributed by atoms with Crippen molar-refractivity contribution in [2.24, 2.45) is 0 Å². The smallest absolute Gasteiger partial charge is 0.390 e. The highest BCUT2D eigenvalue weighted by molar-refractivity contribution is 7.47. The lowest BCUT2D eigenvalue weighted by atomic mass is 9.99. The summed E-state index contributed by atoms with van der Waals surface area (Å²) in [6.07, 6.45) is 59.1. The number of phosphoric acid groups is 1. The van der Waals surface area contributed by atoms with Crippen LogP contribution in [-0.4, -0.2) is 84.6 Å². The van der Waals surface area contributed by atoms with E-state index in [-0.39, 0.29) is 12.5 Å². The number of carbonyl (C=O) groups excluding carboxylic acids is 1. The van der Waals surface area contributed by atoms with E-state index in [1.165, 1.54) is 161 Å². The predicted molar refractivity (Wildman–Crippen MR) is 287 cm³/mol. The van der Waals surface area contributed by atoms with E-state index in [1.807, 2.05) is 21.1 Å². The average Bonchev–Trinajstić information content (AvgIpc) is 3.29. The van der Waals surface area contributed by atoms with Crippen molar-refractivity contribution < 1.29 is 38.0 Å². The zero-order valence-electron chi connectivity index (χ0n) is 44.5. The second-order valence-electron chi connectivity index (χ2n) is 20.4. The molecule has 0 aliphatic rings. The Hall–Kier alpha value is -1.58. The quantitative estimate of drug-likeness (QED) is 0.0207. The number of allylic oxidation sites excluding steroid dienone is 8. The Morgan fingerprint density at radius 2 is 0.925 bits per heavy atom. The van der Waals surface area contributed by atoms with Crippen molar-refractivity contribution >= 4 is 13.7 Å². The van der Waals surface area contributed by atoms with Gasteiger partial charge in [-0.1, -0.05) is 242 Å². The van der Waals surface area contributed by atoms with Gasteiger partial charge < -0.3 is 24.9 Å². The van der Waals surface area contributed by atoms with Gasteiger partial charge in [0, 0.05) is 6.42 Å². The Balaban J connectivity index is 4.11. The van der Waals surface area contributed by atoms with Gasteiger partial charge in [0.1, 0.15) is 19.3 Å². The van der Waals surface area contributed by atoms with E-state index in [2.05, 4.69) is 67.8 Å². The minimum absolute atomic E-state index is 0.0224. The molecule has 0 saturated heterocycles. The minimum atomic E-state index is -4.42. The van der Waals surface area contributed by atoms with E-state index in [4.69, 9.17) is 9.05 Å². The first-order chi connectivity index (χ1) is 32.4. The maximum absolute atomic E-state index is 13.0. The molecule has 0 heterocycles. The number of amides is 1. The molecule has 0 aliphatic carbocycles. The lowest BCUT2D eigenvalue weighted by Gasteiger charge is -2.28. The van der Waals surface area contributed by atoms with Crippen molar-refractivity contribution in [3.8, 4) is 0 Å². The largest absolute Gasteiger partial charge is 0.472 e. The Labute approximate surface area is 414 Å². The summed E-state index contributed by atoms with van der Waals surface area (Å²) in [6, 6.07) is -1.03. The van der Waals surface area contributed by atoms with Crippen molar-refractivity contribution in [3.05, 3.63) is 48.6 Å². The molecule has 0 aliphatic heterocycles. The number of phosphoric ester groups is 1. The van der Waals surface area contributed by atoms with Crippen LogP contribution in [0.4, 0.5) is 0 Å². The van der Waals surface area contributed by atoms with E-state index in [0.717, 1.165) is 64.2 Å². The van der Waals surface area contributed by atoms with E-state index in [9.17, 15) is 24.5 Å². The summed E-state index contributed by atoms with van der Waals surface area (Å²) in [6.45, 7) is 4.51. The van der Waals surface area contributed by atoms with E-state index >= 15 is 0 Å². The Bertz CT molecular complexity index is 1250. The molecule has 0 aromatic rings. The van der Waals surface area contributed by atoms with Gasteiger partial charge in [-0.15, -0.1) is 0 Å². The highest BCUT2D eigenvalue weighted by atomic mass is 31.2. The SMILES string of the molecule is CC/C=C\C/C=C\C/C=C\C/C=C\CCCCCCCCCCCCCCCCCCCCC(=O)NC(COP(=O)(O)OCC[N+](C)(C)C)C(O)C(O)CCCCCCCCCCCCCC. The zero-order valence-corrected chi connectivity index (χ0v) is 45.4. The van der Waals surface area contributed by atoms with Crippen LogP contribution in [0.15, 0.2) is 48.6 Å². The molecule has 394 valence electrons. The van der Waals surface area contributed by atoms with Crippen LogP contribution >= 0.6 is 7.82 Å². The third kappa shape index (κ3) is 49.2. The van der Waals surface area contributed by atoms with Gasteiger partial charge in [-0.25, -0.2) is 4.57 Å². The molecule has 1 amide bonds. The Morgan fingerprint density at radius 3 is 1.36 bits per heavy atom. The molecule has 0 radical (unpaired) electrons. The molecular weight excluding hydrogens is 856 g/mol. The Morgan fingerprint density at radius 1 is 0.537 bits per heavy atom. The van der Waals surface area contributed by atoms with Gasteiger partial charge in [0.25, 0.3) is 0 Å². The summed E-state index contributed by atoms with van der Waals surface area (Å²) in [7, 11) is 1.44. The van der Waals surface area contributed by atoms with Crippen LogP contribution in [0.5, 0.6) is 0 Å². The second kappa shape index (κ2) is 48.1. The Kier molecular flexibility index (Phi) is 46.9. The molecule has 0 spiro atoms. The van der Waals surface area contributed by atoms with Crippen molar-refractivity contribution in [3.63, 3.8) is 0 Å². The first-order valence-corrected chi connectivity index (χ1v) is 29.6. The number of likely N-dealkylation sites (N-methyl/N-ethyl adjacent to an activating group) is 1. The highest BCUT2D eigenvalue weighted by Gasteiger charge is 2.32. The normalized spacial score (nSPS) is 14.8. The van der Waals surface area contributed by atoms with Gasteiger partial charge in [-0.2, -0.15) is 0 Å². The number of carbonyl (C=O) groups is 1. The fourth-order valence-electron chi connectivity index (χ4n) is 8.25. The van der Waals surface area contributed by atoms with Gasteiger partial charge in [0.05, 0.1) is 39.9 Å². The van der Waals surface area contributed by atoms with Crippen molar-refractivity contribution in [2.45, 2.75) is 270 Å². The fraction of sp³-hybridized carbons (Fsp3) is 0.842. The molecule has 0 aromatic heterocycles. The molecule has 4 atom stereocenters. The number of nitrogens with one attached hydrogen (secondary N) is 1. The molecule has 0 saturated carbocycles. The number of unbranched alkanes of at least 4 members (excludes halogenated alkanes) is 29. The van der Waals surface area contributed by atoms with Gasteiger partial charge in [-0.3, -0.25) is 13.8 Å². The zero-order chi connectivity index (χ0) is 49.4. The maximum atomic E-state index is 13.0. The van der Waals surface area contributed by atoms with Crippen LogP contribution < -0.4 is 5.32 Å². The number of hydrogen-bond acceptors (Lipinski definition) is 6. The van der Waals surface area contributed by atoms with Crippen LogP contribution in [0, 0.1) is 0 Å². The summed E-state index contributed by atoms with van der Waals surface area (Å²) in [5.74, 6) is -0.256. The van der Waals surface area contributed by atoms with Gasteiger partial charge >= 0.3 is 7.82 Å². The third-order valence-corrected chi connectivity index (χ3v) is 13.7. The molecule has 4 unspecified atom stereocenters. The van der Waals surface area contributed by atoms with Crippen molar-refractivity contribution in [1.29, 1.82) is 0 Å². The van der Waals surface area contributed by atoms with E-state index in [0.29, 0.717) is 23.9 Å². The summed E-state index contributed by atoms with van der Waals surface area (Å²) >= 11 is 0. The monoisotopic (exact) mass is 966 g/mol. The van der Waals surface area contributed by atoms with Crippen molar-refractivity contribution in [1.82, 2.24) is 5.32 Å². The van der Waals surface area contributed by atoms with Gasteiger partial charge in [0.2, 0.25) is 5.91 Å². The highest BCUT2D eigenvalue weighted by Crippen LogP contribution is 2.43. The fourth-order valence-corrected chi connectivity index (χ4v) is 8.99. The second-order valence-corrected chi connectivity index (χ2v) is 21.9. The number of aliphatic hydroxyl groups excluding tert-OH is 2. The molecule has 0 bridgehead atoms. The topological polar surface area (TPSA) is 125 Å². The number of quaternary nitrogens is 1. The number of hydrogen-bond donors (Lipinski definition) is 4. The lowest BCUT2D eigenvalue weighted by molar-refractivity contribution is -0.870. The number of aliphatic hydroxyl groups is 2. The van der Waals surface area contributed by atoms with Gasteiger partial charge in [0.15, 0.2) is 0 Å². The molecule has 4 N–H and O–H groups in total. The summed E-state index contributed by atoms with van der Waals surface area (Å²) in [4.78, 5) is 23.3. The maximum Gasteiger partial charge on any atom is 0.472 e. The summed E-state index contributed by atoms with van der Waals surface area (Å²) in [5, 5.41) is 24.8.